The van der Waals surface area contributed by atoms with Crippen molar-refractivity contribution in [3.05, 3.63) is 29.8 Å². The molecule has 1 aromatic rings. The highest BCUT2D eigenvalue weighted by Crippen LogP contribution is 2.28. The topological polar surface area (TPSA) is 24.5 Å². The summed E-state index contributed by atoms with van der Waals surface area (Å²) in [5, 5.41) is 3.56. The molecule has 0 aliphatic carbocycles. The predicted octanol–water partition coefficient (Wildman–Crippen LogP) is 2.30. The van der Waals surface area contributed by atoms with Crippen LogP contribution in [0.5, 0.6) is 5.75 Å². The second-order valence-electron chi connectivity index (χ2n) is 5.53. The van der Waals surface area contributed by atoms with Gasteiger partial charge in [0.2, 0.25) is 0 Å². The summed E-state index contributed by atoms with van der Waals surface area (Å²) in [7, 11) is 4.12. The summed E-state index contributed by atoms with van der Waals surface area (Å²) in [6, 6.07) is 8.99. The molecule has 2 rings (SSSR count). The zero-order valence-corrected chi connectivity index (χ0v) is 11.6. The number of hydrogen-bond donors (Lipinski definition) is 1. The maximum absolute atomic E-state index is 5.77. The summed E-state index contributed by atoms with van der Waals surface area (Å²) < 4.78 is 5.77. The van der Waals surface area contributed by atoms with Crippen LogP contribution >= 0.6 is 0 Å². The van der Waals surface area contributed by atoms with Gasteiger partial charge in [0.15, 0.2) is 0 Å². The second kappa shape index (κ2) is 6.21. The molecule has 0 spiro atoms. The van der Waals surface area contributed by atoms with Crippen LogP contribution in [0.4, 0.5) is 0 Å². The lowest BCUT2D eigenvalue weighted by Gasteiger charge is -2.14. The zero-order valence-electron chi connectivity index (χ0n) is 11.6. The number of rotatable bonds is 5. The normalized spacial score (nSPS) is 23.6. The molecule has 1 aliphatic heterocycles. The third kappa shape index (κ3) is 3.72. The lowest BCUT2D eigenvalue weighted by atomic mass is 10.0. The quantitative estimate of drug-likeness (QED) is 0.865. The Hall–Kier alpha value is -1.06. The van der Waals surface area contributed by atoms with Crippen molar-refractivity contribution in [2.45, 2.75) is 19.4 Å². The standard InChI is InChI=1S/C15H24N2O/c1-12-9-15(16-11-12)13-5-4-6-14(10-13)18-8-7-17(2)3/h4-6,10,12,15-16H,7-9,11H2,1-3H3/t12-,15+/m1/s1. The monoisotopic (exact) mass is 248 g/mol. The van der Waals surface area contributed by atoms with Crippen LogP contribution in [0.1, 0.15) is 24.9 Å². The van der Waals surface area contributed by atoms with Crippen molar-refractivity contribution in [3.63, 3.8) is 0 Å². The summed E-state index contributed by atoms with van der Waals surface area (Å²) >= 11 is 0. The highest BCUT2D eigenvalue weighted by atomic mass is 16.5. The molecule has 3 nitrogen and oxygen atoms in total. The maximum Gasteiger partial charge on any atom is 0.119 e. The minimum atomic E-state index is 0.498. The third-order valence-corrected chi connectivity index (χ3v) is 3.42. The second-order valence-corrected chi connectivity index (χ2v) is 5.53. The van der Waals surface area contributed by atoms with Crippen LogP contribution in [0, 0.1) is 5.92 Å². The van der Waals surface area contributed by atoms with Gasteiger partial charge in [0.1, 0.15) is 12.4 Å². The molecular formula is C15H24N2O. The summed E-state index contributed by atoms with van der Waals surface area (Å²) in [6.45, 7) is 5.11. The Bertz CT molecular complexity index is 379. The Kier molecular flexibility index (Phi) is 4.61. The smallest absolute Gasteiger partial charge is 0.119 e. The van der Waals surface area contributed by atoms with Crippen LogP contribution in [0.25, 0.3) is 0 Å². The van der Waals surface area contributed by atoms with E-state index < -0.39 is 0 Å². The van der Waals surface area contributed by atoms with Crippen molar-refractivity contribution in [2.75, 3.05) is 33.8 Å². The van der Waals surface area contributed by atoms with E-state index in [4.69, 9.17) is 4.74 Å². The molecule has 100 valence electrons. The van der Waals surface area contributed by atoms with Gasteiger partial charge >= 0.3 is 0 Å². The molecule has 18 heavy (non-hydrogen) atoms. The van der Waals surface area contributed by atoms with Gasteiger partial charge in [-0.25, -0.2) is 0 Å². The molecular weight excluding hydrogens is 224 g/mol. The maximum atomic E-state index is 5.77. The van der Waals surface area contributed by atoms with E-state index in [2.05, 4.69) is 49.4 Å². The first-order chi connectivity index (χ1) is 8.65. The van der Waals surface area contributed by atoms with Crippen molar-refractivity contribution in [3.8, 4) is 5.75 Å². The number of nitrogens with one attached hydrogen (secondary N) is 1. The lowest BCUT2D eigenvalue weighted by molar-refractivity contribution is 0.261. The molecule has 0 saturated carbocycles. The van der Waals surface area contributed by atoms with E-state index in [-0.39, 0.29) is 0 Å². The zero-order chi connectivity index (χ0) is 13.0. The van der Waals surface area contributed by atoms with Crippen molar-refractivity contribution in [1.82, 2.24) is 10.2 Å². The molecule has 1 N–H and O–H groups in total. The van der Waals surface area contributed by atoms with Crippen LogP contribution in [0.15, 0.2) is 24.3 Å². The fourth-order valence-electron chi connectivity index (χ4n) is 2.33. The lowest BCUT2D eigenvalue weighted by Crippen LogP contribution is -2.19. The molecule has 0 aromatic heterocycles. The number of nitrogens with zero attached hydrogens (tertiary/aromatic N) is 1. The molecule has 3 heteroatoms. The summed E-state index contributed by atoms with van der Waals surface area (Å²) in [6.07, 6.45) is 1.22. The molecule has 1 saturated heterocycles. The van der Waals surface area contributed by atoms with E-state index in [1.807, 2.05) is 6.07 Å². The van der Waals surface area contributed by atoms with E-state index >= 15 is 0 Å². The van der Waals surface area contributed by atoms with Gasteiger partial charge < -0.3 is 15.0 Å². The first-order valence-electron chi connectivity index (χ1n) is 6.76. The van der Waals surface area contributed by atoms with Gasteiger partial charge in [-0.15, -0.1) is 0 Å². The molecule has 1 heterocycles. The molecule has 0 bridgehead atoms. The minimum absolute atomic E-state index is 0.498. The number of likely N-dealkylation sites (N-methyl/N-ethyl adjacent to an activating group) is 1. The van der Waals surface area contributed by atoms with Crippen LogP contribution in [0.2, 0.25) is 0 Å². The molecule has 1 fully saturated rings. The van der Waals surface area contributed by atoms with Gasteiger partial charge in [0.05, 0.1) is 0 Å². The van der Waals surface area contributed by atoms with Crippen LogP contribution in [-0.2, 0) is 0 Å². The highest BCUT2D eigenvalue weighted by molar-refractivity contribution is 5.31. The molecule has 0 radical (unpaired) electrons. The Morgan fingerprint density at radius 3 is 2.89 bits per heavy atom. The molecule has 0 unspecified atom stereocenters. The molecule has 2 atom stereocenters. The Labute approximate surface area is 110 Å². The van der Waals surface area contributed by atoms with Crippen LogP contribution in [-0.4, -0.2) is 38.7 Å². The van der Waals surface area contributed by atoms with Crippen LogP contribution < -0.4 is 10.1 Å². The molecule has 1 aliphatic rings. The van der Waals surface area contributed by atoms with E-state index in [0.29, 0.717) is 6.04 Å². The average molecular weight is 248 g/mol. The van der Waals surface area contributed by atoms with Gasteiger partial charge in [0, 0.05) is 12.6 Å². The Morgan fingerprint density at radius 2 is 2.22 bits per heavy atom. The average Bonchev–Trinajstić information content (AvgIpc) is 2.76. The summed E-state index contributed by atoms with van der Waals surface area (Å²) in [5.74, 6) is 1.75. The third-order valence-electron chi connectivity index (χ3n) is 3.42. The van der Waals surface area contributed by atoms with Crippen molar-refractivity contribution in [1.29, 1.82) is 0 Å². The van der Waals surface area contributed by atoms with E-state index in [1.165, 1.54) is 12.0 Å². The number of ether oxygens (including phenoxy) is 1. The van der Waals surface area contributed by atoms with E-state index in [1.54, 1.807) is 0 Å². The largest absolute Gasteiger partial charge is 0.492 e. The number of benzene rings is 1. The van der Waals surface area contributed by atoms with E-state index in [0.717, 1.165) is 31.4 Å². The highest BCUT2D eigenvalue weighted by Gasteiger charge is 2.21. The van der Waals surface area contributed by atoms with E-state index in [9.17, 15) is 0 Å². The fraction of sp³-hybridized carbons (Fsp3) is 0.600. The van der Waals surface area contributed by atoms with Crippen LogP contribution in [0.3, 0.4) is 0 Å². The fourth-order valence-corrected chi connectivity index (χ4v) is 2.33. The first-order valence-corrected chi connectivity index (χ1v) is 6.76. The van der Waals surface area contributed by atoms with Gasteiger partial charge in [0.25, 0.3) is 0 Å². The van der Waals surface area contributed by atoms with Gasteiger partial charge in [-0.3, -0.25) is 0 Å². The number of hydrogen-bond acceptors (Lipinski definition) is 3. The predicted molar refractivity (Wildman–Crippen MR) is 75.0 cm³/mol. The van der Waals surface area contributed by atoms with Gasteiger partial charge in [-0.2, -0.15) is 0 Å². The van der Waals surface area contributed by atoms with Gasteiger partial charge in [-0.05, 0) is 50.7 Å². The Morgan fingerprint density at radius 1 is 1.39 bits per heavy atom. The Balaban J connectivity index is 1.92. The minimum Gasteiger partial charge on any atom is -0.492 e. The summed E-state index contributed by atoms with van der Waals surface area (Å²) in [4.78, 5) is 2.13. The molecule has 1 aromatic carbocycles. The SMILES string of the molecule is C[C@H]1CN[C@H](c2cccc(OCCN(C)C)c2)C1. The van der Waals surface area contributed by atoms with Crippen molar-refractivity contribution in [2.24, 2.45) is 5.92 Å². The van der Waals surface area contributed by atoms with Crippen molar-refractivity contribution < 1.29 is 4.74 Å². The van der Waals surface area contributed by atoms with Crippen molar-refractivity contribution >= 4 is 0 Å². The van der Waals surface area contributed by atoms with Gasteiger partial charge in [-0.1, -0.05) is 19.1 Å². The summed E-state index contributed by atoms with van der Waals surface area (Å²) in [5.41, 5.74) is 1.35. The molecule has 0 amide bonds. The first kappa shape index (κ1) is 13.4.